The van der Waals surface area contributed by atoms with Gasteiger partial charge in [0.25, 0.3) is 0 Å². The molecule has 0 radical (unpaired) electrons. The summed E-state index contributed by atoms with van der Waals surface area (Å²) in [5.74, 6) is 0.731. The molecule has 0 heterocycles. The number of halogens is 1. The van der Waals surface area contributed by atoms with Crippen molar-refractivity contribution in [3.63, 3.8) is 0 Å². The van der Waals surface area contributed by atoms with E-state index in [1.165, 1.54) is 5.57 Å². The maximum absolute atomic E-state index is 12.6. The summed E-state index contributed by atoms with van der Waals surface area (Å²) in [5, 5.41) is 36.9. The third-order valence-electron chi connectivity index (χ3n) is 10.00. The van der Waals surface area contributed by atoms with Crippen molar-refractivity contribution in [3.05, 3.63) is 52.5 Å². The third-order valence-corrected chi connectivity index (χ3v) is 10.5. The second-order valence-corrected chi connectivity index (χ2v) is 12.9. The lowest BCUT2D eigenvalue weighted by Crippen LogP contribution is -2.62. The number of oxime groups is 1. The number of aliphatic hydroxyl groups excluding tert-OH is 2. The van der Waals surface area contributed by atoms with Crippen molar-refractivity contribution in [2.75, 3.05) is 19.8 Å². The van der Waals surface area contributed by atoms with Crippen molar-refractivity contribution >= 4 is 27.4 Å². The summed E-state index contributed by atoms with van der Waals surface area (Å²) < 4.78 is 6.66. The average Bonchev–Trinajstić information content (AvgIpc) is 3.14. The molecule has 8 atom stereocenters. The Morgan fingerprint density at radius 1 is 1.26 bits per heavy atom. The zero-order valence-electron chi connectivity index (χ0n) is 22.3. The second-order valence-electron chi connectivity index (χ2n) is 12.0. The van der Waals surface area contributed by atoms with E-state index >= 15 is 0 Å². The molecule has 1 aromatic carbocycles. The van der Waals surface area contributed by atoms with E-state index in [2.05, 4.69) is 47.1 Å². The number of hydrogen-bond donors (Lipinski definition) is 3. The smallest absolute Gasteiger partial charge is 0.190 e. The Morgan fingerprint density at radius 3 is 2.79 bits per heavy atom. The molecule has 3 saturated carbocycles. The summed E-state index contributed by atoms with van der Waals surface area (Å²) in [6.07, 6.45) is 7.82. The topological polar surface area (TPSA) is 109 Å². The van der Waals surface area contributed by atoms with Gasteiger partial charge < -0.3 is 24.9 Å². The summed E-state index contributed by atoms with van der Waals surface area (Å²) in [4.78, 5) is 18.2. The van der Waals surface area contributed by atoms with Crippen LogP contribution in [0.3, 0.4) is 0 Å². The van der Waals surface area contributed by atoms with Crippen LogP contribution < -0.4 is 4.74 Å². The predicted octanol–water partition coefficient (Wildman–Crippen LogP) is 4.45. The number of carbonyl (C=O) groups is 1. The minimum atomic E-state index is -1.58. The number of rotatable bonds is 7. The molecule has 206 valence electrons. The minimum absolute atomic E-state index is 0.0214. The number of carbonyl (C=O) groups excluding carboxylic acids is 1. The maximum atomic E-state index is 12.6. The van der Waals surface area contributed by atoms with Crippen LogP contribution in [0.15, 0.2) is 57.7 Å². The van der Waals surface area contributed by atoms with Crippen LogP contribution in [0.25, 0.3) is 0 Å². The van der Waals surface area contributed by atoms with Crippen molar-refractivity contribution in [1.29, 1.82) is 0 Å². The van der Waals surface area contributed by atoms with E-state index in [0.717, 1.165) is 28.8 Å². The molecule has 0 bridgehead atoms. The molecule has 0 unspecified atom stereocenters. The molecule has 3 fully saturated rings. The van der Waals surface area contributed by atoms with Crippen LogP contribution in [-0.4, -0.2) is 58.3 Å². The lowest BCUT2D eigenvalue weighted by Gasteiger charge is -2.60. The number of hydrogen-bond acceptors (Lipinski definition) is 7. The van der Waals surface area contributed by atoms with Gasteiger partial charge in [0.1, 0.15) is 30.3 Å². The van der Waals surface area contributed by atoms with Crippen LogP contribution in [-0.2, 0) is 9.63 Å². The van der Waals surface area contributed by atoms with Crippen molar-refractivity contribution in [3.8, 4) is 5.75 Å². The lowest BCUT2D eigenvalue weighted by molar-refractivity contribution is -0.180. The number of fused-ring (bicyclic) bond motifs is 5. The number of allylic oxidation sites excluding steroid dienone is 4. The van der Waals surface area contributed by atoms with E-state index in [0.29, 0.717) is 26.1 Å². The van der Waals surface area contributed by atoms with Crippen LogP contribution in [0, 0.1) is 34.5 Å². The Labute approximate surface area is 232 Å². The highest BCUT2D eigenvalue weighted by molar-refractivity contribution is 9.10. The van der Waals surface area contributed by atoms with Crippen LogP contribution in [0.4, 0.5) is 0 Å². The van der Waals surface area contributed by atoms with Gasteiger partial charge in [-0.2, -0.15) is 0 Å². The maximum Gasteiger partial charge on any atom is 0.190 e. The molecule has 4 aliphatic carbocycles. The minimum Gasteiger partial charge on any atom is -0.490 e. The highest BCUT2D eigenvalue weighted by Gasteiger charge is 2.68. The SMILES string of the molecule is C[C@H]1C[C@@H]2[C@H]([C@@H](O)C[C@@]3(C)[C@H]2CC[C@]3(O)C(=O)CO)[C@@]2(C)C=C/C(=N\OCCOc3cccc(Br)c3)C=C12. The van der Waals surface area contributed by atoms with Crippen molar-refractivity contribution < 1.29 is 29.7 Å². The highest BCUT2D eigenvalue weighted by Crippen LogP contribution is 2.67. The number of benzene rings is 1. The molecule has 0 aromatic heterocycles. The molecule has 7 nitrogen and oxygen atoms in total. The Bertz CT molecular complexity index is 1180. The second kappa shape index (κ2) is 10.2. The first-order valence-electron chi connectivity index (χ1n) is 13.6. The fourth-order valence-electron chi connectivity index (χ4n) is 8.28. The van der Waals surface area contributed by atoms with Gasteiger partial charge in [0, 0.05) is 21.2 Å². The first-order valence-corrected chi connectivity index (χ1v) is 14.4. The normalized spacial score (nSPS) is 40.7. The fraction of sp³-hybridized carbons (Fsp3) is 0.600. The average molecular weight is 589 g/mol. The highest BCUT2D eigenvalue weighted by atomic mass is 79.9. The number of ketones is 1. The van der Waals surface area contributed by atoms with Gasteiger partial charge in [-0.1, -0.05) is 59.6 Å². The summed E-state index contributed by atoms with van der Waals surface area (Å²) in [6, 6.07) is 7.65. The van der Waals surface area contributed by atoms with Gasteiger partial charge in [0.15, 0.2) is 12.4 Å². The van der Waals surface area contributed by atoms with Crippen LogP contribution in [0.1, 0.15) is 46.5 Å². The van der Waals surface area contributed by atoms with Gasteiger partial charge in [-0.25, -0.2) is 0 Å². The first kappa shape index (κ1) is 27.6. The van der Waals surface area contributed by atoms with Gasteiger partial charge in [-0.05, 0) is 73.8 Å². The molecule has 5 rings (SSSR count). The number of nitrogens with zero attached hydrogens (tertiary/aromatic N) is 1. The summed E-state index contributed by atoms with van der Waals surface area (Å²) >= 11 is 3.43. The third kappa shape index (κ3) is 4.37. The largest absolute Gasteiger partial charge is 0.490 e. The number of aliphatic hydroxyl groups is 3. The Morgan fingerprint density at radius 2 is 2.05 bits per heavy atom. The monoisotopic (exact) mass is 587 g/mol. The predicted molar refractivity (Wildman–Crippen MR) is 148 cm³/mol. The van der Waals surface area contributed by atoms with Crippen molar-refractivity contribution in [2.24, 2.45) is 39.7 Å². The molecule has 1 aromatic rings. The summed E-state index contributed by atoms with van der Waals surface area (Å²) in [7, 11) is 0. The first-order chi connectivity index (χ1) is 18.0. The van der Waals surface area contributed by atoms with Gasteiger partial charge in [0.05, 0.1) is 6.10 Å². The molecule has 3 N–H and O–H groups in total. The molecular formula is C30H38BrNO6. The molecule has 0 aliphatic heterocycles. The number of ether oxygens (including phenoxy) is 1. The van der Waals surface area contributed by atoms with E-state index in [4.69, 9.17) is 9.57 Å². The quantitative estimate of drug-likeness (QED) is 0.321. The summed E-state index contributed by atoms with van der Waals surface area (Å²) in [5.41, 5.74) is -0.714. The van der Waals surface area contributed by atoms with E-state index < -0.39 is 29.5 Å². The van der Waals surface area contributed by atoms with Gasteiger partial charge in [-0.15, -0.1) is 0 Å². The lowest BCUT2D eigenvalue weighted by atomic mass is 9.45. The van der Waals surface area contributed by atoms with Crippen LogP contribution in [0.5, 0.6) is 5.75 Å². The van der Waals surface area contributed by atoms with Crippen LogP contribution >= 0.6 is 15.9 Å². The van der Waals surface area contributed by atoms with Crippen molar-refractivity contribution in [2.45, 2.75) is 58.2 Å². The van der Waals surface area contributed by atoms with Gasteiger partial charge in [-0.3, -0.25) is 4.79 Å². The van der Waals surface area contributed by atoms with E-state index in [9.17, 15) is 20.1 Å². The zero-order valence-corrected chi connectivity index (χ0v) is 23.9. The van der Waals surface area contributed by atoms with E-state index in [1.807, 2.05) is 37.3 Å². The fourth-order valence-corrected chi connectivity index (χ4v) is 8.66. The summed E-state index contributed by atoms with van der Waals surface area (Å²) in [6.45, 7) is 6.37. The van der Waals surface area contributed by atoms with Gasteiger partial charge in [0.2, 0.25) is 0 Å². The Kier molecular flexibility index (Phi) is 7.39. The number of Topliss-reactive ketones (excluding diaryl/α,β-unsaturated/α-hetero) is 1. The Balaban J connectivity index is 1.30. The molecule has 0 amide bonds. The molecular weight excluding hydrogens is 550 g/mol. The molecule has 38 heavy (non-hydrogen) atoms. The van der Waals surface area contributed by atoms with E-state index in [-0.39, 0.29) is 29.1 Å². The zero-order chi connectivity index (χ0) is 27.3. The molecule has 8 heteroatoms. The van der Waals surface area contributed by atoms with Crippen LogP contribution in [0.2, 0.25) is 0 Å². The molecule has 0 saturated heterocycles. The molecule has 4 aliphatic rings. The Hall–Kier alpha value is -2.00. The standard InChI is InChI=1S/C30H38BrNO6/c1-18-13-22-23-8-10-30(36,26(35)17-33)29(23,3)16-25(34)27(22)28(2)9-7-20(15-24(18)28)32-38-12-11-37-21-6-4-5-19(31)14-21/h4-7,9,14-15,18,22-23,25,27,33-34,36H,8,10-13,16-17H2,1-3H3/b32-20+/t18-,22-,23-,25-,27+,28-,29-,30-/m0/s1. The van der Waals surface area contributed by atoms with Gasteiger partial charge >= 0.3 is 0 Å². The molecule has 0 spiro atoms. The van der Waals surface area contributed by atoms with Crippen molar-refractivity contribution in [1.82, 2.24) is 0 Å². The van der Waals surface area contributed by atoms with E-state index in [1.54, 1.807) is 0 Å².